The van der Waals surface area contributed by atoms with E-state index in [4.69, 9.17) is 28.4 Å². The van der Waals surface area contributed by atoms with Crippen LogP contribution in [-0.4, -0.2) is 163 Å². The van der Waals surface area contributed by atoms with E-state index in [-0.39, 0.29) is 45.5 Å². The number of aliphatic carboxylic acids is 1. The number of aliphatic hydroxyl groups is 8. The monoisotopic (exact) mass is 910 g/mol. The molecule has 5 aliphatic carbocycles. The molecule has 17 nitrogen and oxygen atoms in total. The molecule has 0 aromatic carbocycles. The van der Waals surface area contributed by atoms with Gasteiger partial charge in [0.1, 0.15) is 61.2 Å². The normalized spacial score (nSPS) is 54.6. The molecule has 4 saturated carbocycles. The summed E-state index contributed by atoms with van der Waals surface area (Å²) in [5, 5.41) is 97.3. The van der Waals surface area contributed by atoms with Crippen molar-refractivity contribution in [1.29, 1.82) is 0 Å². The minimum atomic E-state index is -2.01. The van der Waals surface area contributed by atoms with Gasteiger partial charge in [-0.2, -0.15) is 0 Å². The highest BCUT2D eigenvalue weighted by Crippen LogP contribution is 2.75. The van der Waals surface area contributed by atoms with Crippen molar-refractivity contribution in [1.82, 2.24) is 0 Å². The molecule has 9 N–H and O–H groups in total. The van der Waals surface area contributed by atoms with Crippen molar-refractivity contribution in [3.63, 3.8) is 0 Å². The molecule has 3 aliphatic heterocycles. The minimum absolute atomic E-state index is 0.0000364. The SMILES string of the molecule is C[C@@H]1O[C@H](O[C@@H]2[C@@H](O[C@@H]3[C@@H](O[C@H]4CC[C@]5(C=O)[C@H]6CC=C7[C@@H]8CC(C)(C)C[C@H](O)[C@]8(C)CC[C@@]7(C)[C@]6(C)CC[C@H]5C4(C)C)O[C@@H](C(=O)O)[C@H](O)[C@H]3O)OC[C@H](O)[C@H]2O)[C@@H](O)[C@H](O)[C@H]1O. The van der Waals surface area contributed by atoms with Gasteiger partial charge in [-0.3, -0.25) is 0 Å². The van der Waals surface area contributed by atoms with Crippen LogP contribution in [0.25, 0.3) is 0 Å². The van der Waals surface area contributed by atoms with Crippen molar-refractivity contribution in [2.24, 2.45) is 50.2 Å². The van der Waals surface area contributed by atoms with E-state index < -0.39 is 116 Å². The van der Waals surface area contributed by atoms with Gasteiger partial charge in [0, 0.05) is 10.8 Å². The lowest BCUT2D eigenvalue weighted by Gasteiger charge is -2.71. The highest BCUT2D eigenvalue weighted by Gasteiger charge is 2.70. The Morgan fingerprint density at radius 3 is 2.06 bits per heavy atom. The first kappa shape index (κ1) is 48.8. The van der Waals surface area contributed by atoms with Crippen LogP contribution in [0.1, 0.15) is 113 Å². The molecular formula is C47H74O17. The van der Waals surface area contributed by atoms with E-state index in [0.29, 0.717) is 12.8 Å². The van der Waals surface area contributed by atoms with Crippen LogP contribution in [0.4, 0.5) is 0 Å². The first-order valence-electron chi connectivity index (χ1n) is 23.5. The molecule has 364 valence electrons. The van der Waals surface area contributed by atoms with Crippen molar-refractivity contribution in [2.45, 2.75) is 211 Å². The van der Waals surface area contributed by atoms with Crippen LogP contribution in [0.3, 0.4) is 0 Å². The molecule has 8 rings (SSSR count). The van der Waals surface area contributed by atoms with E-state index in [1.54, 1.807) is 0 Å². The molecule has 8 aliphatic rings. The maximum atomic E-state index is 14.0. The number of fused-ring (bicyclic) bond motifs is 7. The van der Waals surface area contributed by atoms with Gasteiger partial charge in [0.05, 0.1) is 24.9 Å². The minimum Gasteiger partial charge on any atom is -0.479 e. The number of hydrogen-bond donors (Lipinski definition) is 9. The van der Waals surface area contributed by atoms with E-state index in [2.05, 4.69) is 40.7 Å². The molecular weight excluding hydrogens is 837 g/mol. The Morgan fingerprint density at radius 2 is 1.39 bits per heavy atom. The lowest BCUT2D eigenvalue weighted by Crippen LogP contribution is -2.68. The fraction of sp³-hybridized carbons (Fsp3) is 0.915. The lowest BCUT2D eigenvalue weighted by atomic mass is 9.33. The Bertz CT molecular complexity index is 1790. The zero-order chi connectivity index (χ0) is 46.9. The van der Waals surface area contributed by atoms with Crippen molar-refractivity contribution in [3.05, 3.63) is 11.6 Å². The third-order valence-electron chi connectivity index (χ3n) is 18.8. The number of ether oxygens (including phenoxy) is 6. The number of rotatable bonds is 8. The quantitative estimate of drug-likeness (QED) is 0.0950. The maximum Gasteiger partial charge on any atom is 0.335 e. The second kappa shape index (κ2) is 16.8. The van der Waals surface area contributed by atoms with Crippen molar-refractivity contribution >= 4 is 12.3 Å². The average Bonchev–Trinajstić information content (AvgIpc) is 3.22. The summed E-state index contributed by atoms with van der Waals surface area (Å²) in [6, 6.07) is 0. The molecule has 0 unspecified atom stereocenters. The van der Waals surface area contributed by atoms with Gasteiger partial charge in [-0.1, -0.05) is 60.1 Å². The molecule has 0 spiro atoms. The molecule has 3 heterocycles. The summed E-state index contributed by atoms with van der Waals surface area (Å²) in [4.78, 5) is 26.4. The number of allylic oxidation sites excluding steroid dienone is 2. The Kier molecular flexibility index (Phi) is 12.8. The zero-order valence-electron chi connectivity index (χ0n) is 38.5. The first-order valence-corrected chi connectivity index (χ1v) is 23.5. The zero-order valence-corrected chi connectivity index (χ0v) is 38.5. The van der Waals surface area contributed by atoms with Crippen molar-refractivity contribution < 1.29 is 84.0 Å². The van der Waals surface area contributed by atoms with Crippen LogP contribution in [0.15, 0.2) is 11.6 Å². The topological polar surface area (TPSA) is 272 Å². The second-order valence-corrected chi connectivity index (χ2v) is 23.0. The first-order chi connectivity index (χ1) is 29.8. The number of carboxylic acids is 1. The fourth-order valence-electron chi connectivity index (χ4n) is 14.6. The molecule has 0 aromatic heterocycles. The van der Waals surface area contributed by atoms with E-state index in [9.17, 15) is 55.5 Å². The predicted octanol–water partition coefficient (Wildman–Crippen LogP) is 1.55. The van der Waals surface area contributed by atoms with Gasteiger partial charge in [-0.25, -0.2) is 4.79 Å². The van der Waals surface area contributed by atoms with Gasteiger partial charge in [0.25, 0.3) is 0 Å². The summed E-state index contributed by atoms with van der Waals surface area (Å²) < 4.78 is 36.0. The number of aldehydes is 1. The molecule has 0 amide bonds. The highest BCUT2D eigenvalue weighted by atomic mass is 16.8. The lowest BCUT2D eigenvalue weighted by molar-refractivity contribution is -0.386. The molecule has 0 bridgehead atoms. The molecule has 3 saturated heterocycles. The number of carbonyl (C=O) groups excluding carboxylic acids is 1. The summed E-state index contributed by atoms with van der Waals surface area (Å²) in [5.41, 5.74) is -0.586. The van der Waals surface area contributed by atoms with Gasteiger partial charge >= 0.3 is 5.97 Å². The van der Waals surface area contributed by atoms with Gasteiger partial charge in [0.15, 0.2) is 25.0 Å². The van der Waals surface area contributed by atoms with E-state index in [1.165, 1.54) is 18.8 Å². The molecule has 23 atom stereocenters. The number of hydrogen-bond acceptors (Lipinski definition) is 16. The smallest absolute Gasteiger partial charge is 0.335 e. The van der Waals surface area contributed by atoms with Crippen LogP contribution >= 0.6 is 0 Å². The van der Waals surface area contributed by atoms with Gasteiger partial charge in [-0.15, -0.1) is 0 Å². The van der Waals surface area contributed by atoms with Crippen molar-refractivity contribution in [2.75, 3.05) is 6.61 Å². The van der Waals surface area contributed by atoms with E-state index >= 15 is 0 Å². The predicted molar refractivity (Wildman–Crippen MR) is 224 cm³/mol. The summed E-state index contributed by atoms with van der Waals surface area (Å²) >= 11 is 0. The second-order valence-electron chi connectivity index (χ2n) is 23.0. The van der Waals surface area contributed by atoms with Crippen LogP contribution in [-0.2, 0) is 38.0 Å². The number of carbonyl (C=O) groups is 2. The van der Waals surface area contributed by atoms with Crippen LogP contribution in [0, 0.1) is 50.2 Å². The Balaban J connectivity index is 1.06. The molecule has 0 aromatic rings. The Labute approximate surface area is 375 Å². The number of carboxylic acid groups (broad SMARTS) is 1. The third kappa shape index (κ3) is 7.40. The number of aliphatic hydroxyl groups excluding tert-OH is 8. The maximum absolute atomic E-state index is 14.0. The van der Waals surface area contributed by atoms with E-state index in [1.807, 2.05) is 13.8 Å². The average molecular weight is 911 g/mol. The Morgan fingerprint density at radius 1 is 0.719 bits per heavy atom. The summed E-state index contributed by atoms with van der Waals surface area (Å²) in [7, 11) is 0. The van der Waals surface area contributed by atoms with E-state index in [0.717, 1.165) is 44.9 Å². The fourth-order valence-corrected chi connectivity index (χ4v) is 14.6. The summed E-state index contributed by atoms with van der Waals surface area (Å²) in [6.07, 6.45) is -14.0. The third-order valence-corrected chi connectivity index (χ3v) is 18.8. The van der Waals surface area contributed by atoms with Crippen LogP contribution in [0.5, 0.6) is 0 Å². The van der Waals surface area contributed by atoms with Gasteiger partial charge in [0.2, 0.25) is 0 Å². The van der Waals surface area contributed by atoms with Crippen molar-refractivity contribution in [3.8, 4) is 0 Å². The molecule has 0 radical (unpaired) electrons. The van der Waals surface area contributed by atoms with Crippen LogP contribution < -0.4 is 0 Å². The largest absolute Gasteiger partial charge is 0.479 e. The standard InChI is InChI=1S/C47H74O17/c1-21-29(51)31(53)34(56)39(60-21)63-36-30(52)24(49)19-59-40(36)64-37-33(55)32(54)35(38(57)58)62-41(37)61-28-12-14-47(20-48)25(43(28,4)5)11-13-46(8)26(47)10-9-22-23-17-42(2,3)18-27(50)44(23,6)15-16-45(22,46)7/h9,20-21,23-37,39-41,49-56H,10-19H2,1-8H3,(H,57,58)/t21-,23-,24-,25-,26-,27-,28-,29-,30+,31+,32+,33+,34-,35+,36-,37-,39+,40+,41-,44+,45+,46+,47+/m0/s1. The summed E-state index contributed by atoms with van der Waals surface area (Å²) in [5.74, 6) is -1.46. The molecule has 64 heavy (non-hydrogen) atoms. The molecule has 7 fully saturated rings. The molecule has 17 heteroatoms. The summed E-state index contributed by atoms with van der Waals surface area (Å²) in [6.45, 7) is 16.6. The Hall–Kier alpha value is -1.68. The van der Waals surface area contributed by atoms with Crippen LogP contribution in [0.2, 0.25) is 0 Å². The highest BCUT2D eigenvalue weighted by molar-refractivity contribution is 5.73. The van der Waals surface area contributed by atoms with Gasteiger partial charge < -0.3 is 79.2 Å². The van der Waals surface area contributed by atoms with Gasteiger partial charge in [-0.05, 0) is 104 Å².